The van der Waals surface area contributed by atoms with Gasteiger partial charge < -0.3 is 10.5 Å². The monoisotopic (exact) mass is 230 g/mol. The largest absolute Gasteiger partial charge is 0.383 e. The Labute approximate surface area is 101 Å². The first kappa shape index (κ1) is 15.9. The molecule has 0 aromatic heterocycles. The van der Waals surface area contributed by atoms with Crippen molar-refractivity contribution in [2.45, 2.75) is 53.1 Å². The van der Waals surface area contributed by atoms with E-state index in [0.29, 0.717) is 6.04 Å². The normalized spacial score (nSPS) is 16.5. The van der Waals surface area contributed by atoms with E-state index in [1.165, 1.54) is 0 Å². The van der Waals surface area contributed by atoms with E-state index in [-0.39, 0.29) is 11.5 Å². The zero-order valence-corrected chi connectivity index (χ0v) is 11.9. The first-order chi connectivity index (χ1) is 7.38. The van der Waals surface area contributed by atoms with Crippen LogP contribution in [0.25, 0.3) is 0 Å². The zero-order valence-electron chi connectivity index (χ0n) is 11.9. The van der Waals surface area contributed by atoms with Crippen molar-refractivity contribution >= 4 is 0 Å². The average Bonchev–Trinajstić information content (AvgIpc) is 2.21. The second-order valence-electron chi connectivity index (χ2n) is 5.50. The number of rotatable bonds is 7. The molecule has 0 radical (unpaired) electrons. The maximum atomic E-state index is 6.27. The van der Waals surface area contributed by atoms with Crippen LogP contribution in [0.2, 0.25) is 0 Å². The first-order valence-corrected chi connectivity index (χ1v) is 6.37. The molecule has 2 atom stereocenters. The fraction of sp³-hybridized carbons (Fsp3) is 1.00. The number of ether oxygens (including phenoxy) is 1. The average molecular weight is 230 g/mol. The number of methoxy groups -OCH3 is 1. The molecule has 0 saturated carbocycles. The lowest BCUT2D eigenvalue weighted by atomic mass is 9.80. The van der Waals surface area contributed by atoms with Gasteiger partial charge in [-0.3, -0.25) is 4.90 Å². The second-order valence-corrected chi connectivity index (χ2v) is 5.50. The molecule has 0 heterocycles. The van der Waals surface area contributed by atoms with Gasteiger partial charge in [-0.2, -0.15) is 0 Å². The SMILES string of the molecule is CCC(N)C(N(CC)CCOC)C(C)(C)C. The predicted molar refractivity (Wildman–Crippen MR) is 70.6 cm³/mol. The summed E-state index contributed by atoms with van der Waals surface area (Å²) in [4.78, 5) is 2.44. The molecular weight excluding hydrogens is 200 g/mol. The van der Waals surface area contributed by atoms with E-state index in [0.717, 1.165) is 26.1 Å². The summed E-state index contributed by atoms with van der Waals surface area (Å²) in [6, 6.07) is 0.648. The van der Waals surface area contributed by atoms with Crippen LogP contribution in [0.1, 0.15) is 41.0 Å². The molecule has 0 aliphatic rings. The number of nitrogens with two attached hydrogens (primary N) is 1. The van der Waals surface area contributed by atoms with Crippen LogP contribution in [-0.4, -0.2) is 43.8 Å². The third-order valence-electron chi connectivity index (χ3n) is 3.15. The number of hydrogen-bond acceptors (Lipinski definition) is 3. The van der Waals surface area contributed by atoms with Gasteiger partial charge in [-0.1, -0.05) is 34.6 Å². The van der Waals surface area contributed by atoms with E-state index in [4.69, 9.17) is 10.5 Å². The van der Waals surface area contributed by atoms with Crippen molar-refractivity contribution in [1.82, 2.24) is 4.90 Å². The molecule has 0 aliphatic carbocycles. The van der Waals surface area contributed by atoms with Crippen molar-refractivity contribution < 1.29 is 4.74 Å². The smallest absolute Gasteiger partial charge is 0.0589 e. The highest BCUT2D eigenvalue weighted by Crippen LogP contribution is 2.27. The predicted octanol–water partition coefficient (Wildman–Crippen LogP) is 2.11. The minimum absolute atomic E-state index is 0.208. The van der Waals surface area contributed by atoms with Crippen molar-refractivity contribution in [2.24, 2.45) is 11.1 Å². The van der Waals surface area contributed by atoms with Gasteiger partial charge in [0.15, 0.2) is 0 Å². The third-order valence-corrected chi connectivity index (χ3v) is 3.15. The van der Waals surface area contributed by atoms with Gasteiger partial charge >= 0.3 is 0 Å². The summed E-state index contributed by atoms with van der Waals surface area (Å²) in [7, 11) is 1.75. The van der Waals surface area contributed by atoms with E-state index in [2.05, 4.69) is 39.5 Å². The molecule has 0 amide bonds. The van der Waals surface area contributed by atoms with Gasteiger partial charge in [-0.25, -0.2) is 0 Å². The van der Waals surface area contributed by atoms with Crippen LogP contribution in [0.4, 0.5) is 0 Å². The lowest BCUT2D eigenvalue weighted by Crippen LogP contribution is -2.55. The molecular formula is C13H30N2O. The summed E-state index contributed by atoms with van der Waals surface area (Å²) in [6.45, 7) is 13.9. The minimum atomic E-state index is 0.208. The lowest BCUT2D eigenvalue weighted by Gasteiger charge is -2.43. The Hall–Kier alpha value is -0.120. The summed E-state index contributed by atoms with van der Waals surface area (Å²) in [5.41, 5.74) is 6.48. The van der Waals surface area contributed by atoms with E-state index in [1.807, 2.05) is 0 Å². The highest BCUT2D eigenvalue weighted by atomic mass is 16.5. The Balaban J connectivity index is 4.70. The maximum absolute atomic E-state index is 6.27. The molecule has 0 spiro atoms. The summed E-state index contributed by atoms with van der Waals surface area (Å²) < 4.78 is 5.17. The van der Waals surface area contributed by atoms with Crippen molar-refractivity contribution in [2.75, 3.05) is 26.8 Å². The Kier molecular flexibility index (Phi) is 7.20. The van der Waals surface area contributed by atoms with Gasteiger partial charge in [0.05, 0.1) is 6.61 Å². The summed E-state index contributed by atoms with van der Waals surface area (Å²) in [5.74, 6) is 0. The van der Waals surface area contributed by atoms with Gasteiger partial charge in [0.25, 0.3) is 0 Å². The number of hydrogen-bond donors (Lipinski definition) is 1. The van der Waals surface area contributed by atoms with Crippen molar-refractivity contribution in [3.05, 3.63) is 0 Å². The quantitative estimate of drug-likeness (QED) is 0.728. The molecule has 98 valence electrons. The summed E-state index contributed by atoms with van der Waals surface area (Å²) in [6.07, 6.45) is 1.02. The highest BCUT2D eigenvalue weighted by molar-refractivity contribution is 4.90. The van der Waals surface area contributed by atoms with Crippen molar-refractivity contribution in [3.8, 4) is 0 Å². The van der Waals surface area contributed by atoms with E-state index in [1.54, 1.807) is 7.11 Å². The number of likely N-dealkylation sites (N-methyl/N-ethyl adjacent to an activating group) is 1. The molecule has 3 heteroatoms. The van der Waals surface area contributed by atoms with Crippen LogP contribution in [0.15, 0.2) is 0 Å². The number of nitrogens with zero attached hydrogens (tertiary/aromatic N) is 1. The fourth-order valence-electron chi connectivity index (χ4n) is 2.39. The summed E-state index contributed by atoms with van der Waals surface area (Å²) >= 11 is 0. The second kappa shape index (κ2) is 7.25. The Morgan fingerprint density at radius 1 is 1.25 bits per heavy atom. The van der Waals surface area contributed by atoms with Crippen LogP contribution in [0, 0.1) is 5.41 Å². The summed E-state index contributed by atoms with van der Waals surface area (Å²) in [5, 5.41) is 0. The molecule has 3 nitrogen and oxygen atoms in total. The van der Waals surface area contributed by atoms with Crippen molar-refractivity contribution in [1.29, 1.82) is 0 Å². The van der Waals surface area contributed by atoms with E-state index in [9.17, 15) is 0 Å². The molecule has 2 N–H and O–H groups in total. The van der Waals surface area contributed by atoms with Crippen molar-refractivity contribution in [3.63, 3.8) is 0 Å². The molecule has 0 aromatic rings. The van der Waals surface area contributed by atoms with Gasteiger partial charge in [-0.05, 0) is 18.4 Å². The lowest BCUT2D eigenvalue weighted by molar-refractivity contribution is 0.0550. The topological polar surface area (TPSA) is 38.5 Å². The van der Waals surface area contributed by atoms with Crippen LogP contribution < -0.4 is 5.73 Å². The van der Waals surface area contributed by atoms with Gasteiger partial charge in [-0.15, -0.1) is 0 Å². The van der Waals surface area contributed by atoms with Crippen LogP contribution in [0.5, 0.6) is 0 Å². The van der Waals surface area contributed by atoms with E-state index >= 15 is 0 Å². The minimum Gasteiger partial charge on any atom is -0.383 e. The zero-order chi connectivity index (χ0) is 12.8. The van der Waals surface area contributed by atoms with Gasteiger partial charge in [0.1, 0.15) is 0 Å². The van der Waals surface area contributed by atoms with Gasteiger partial charge in [0, 0.05) is 25.7 Å². The Morgan fingerprint density at radius 2 is 1.81 bits per heavy atom. The van der Waals surface area contributed by atoms with Crippen LogP contribution in [0.3, 0.4) is 0 Å². The molecule has 16 heavy (non-hydrogen) atoms. The molecule has 0 fully saturated rings. The molecule has 0 bridgehead atoms. The Morgan fingerprint density at radius 3 is 2.12 bits per heavy atom. The molecule has 2 unspecified atom stereocenters. The Bertz CT molecular complexity index is 177. The highest BCUT2D eigenvalue weighted by Gasteiger charge is 2.33. The van der Waals surface area contributed by atoms with Crippen LogP contribution in [-0.2, 0) is 4.74 Å². The first-order valence-electron chi connectivity index (χ1n) is 6.37. The molecule has 0 aliphatic heterocycles. The molecule has 0 saturated heterocycles. The van der Waals surface area contributed by atoms with E-state index < -0.39 is 0 Å². The third kappa shape index (κ3) is 4.81. The molecule has 0 aromatic carbocycles. The maximum Gasteiger partial charge on any atom is 0.0589 e. The molecule has 0 rings (SSSR count). The van der Waals surface area contributed by atoms with Crippen LogP contribution >= 0.6 is 0 Å². The fourth-order valence-corrected chi connectivity index (χ4v) is 2.39. The van der Waals surface area contributed by atoms with Gasteiger partial charge in [0.2, 0.25) is 0 Å². The standard InChI is InChI=1S/C13H30N2O/c1-7-11(14)12(13(3,4)5)15(8-2)9-10-16-6/h11-12H,7-10,14H2,1-6H3.